The van der Waals surface area contributed by atoms with Gasteiger partial charge in [-0.3, -0.25) is 0 Å². The maximum Gasteiger partial charge on any atom is 0.0327 e. The molecule has 0 aliphatic rings. The number of rotatable bonds is 3. The molecule has 0 N–H and O–H groups in total. The first-order valence-electron chi connectivity index (χ1n) is 4.45. The molecule has 1 aromatic carbocycles. The topological polar surface area (TPSA) is 0 Å². The first-order chi connectivity index (χ1) is 6.20. The van der Waals surface area contributed by atoms with Gasteiger partial charge in [0.15, 0.2) is 0 Å². The van der Waals surface area contributed by atoms with Crippen LogP contribution in [-0.2, 0) is 0 Å². The third-order valence-corrected chi connectivity index (χ3v) is 2.83. The normalized spacial score (nSPS) is 12.5. The molecule has 70 valence electrons. The lowest BCUT2D eigenvalue weighted by Gasteiger charge is -2.13. The first-order valence-corrected chi connectivity index (χ1v) is 4.98. The quantitative estimate of drug-likeness (QED) is 0.507. The fourth-order valence-corrected chi connectivity index (χ4v) is 1.74. The lowest BCUT2D eigenvalue weighted by Crippen LogP contribution is -2.00. The molecule has 0 bridgehead atoms. The highest BCUT2D eigenvalue weighted by Gasteiger charge is 2.09. The highest BCUT2D eigenvalue weighted by atomic mass is 35.5. The third-order valence-electron chi connectivity index (χ3n) is 2.50. The monoisotopic (exact) mass is 194 g/mol. The van der Waals surface area contributed by atoms with Crippen LogP contribution in [0.2, 0.25) is 0 Å². The van der Waals surface area contributed by atoms with Crippen LogP contribution in [0.1, 0.15) is 22.6 Å². The summed E-state index contributed by atoms with van der Waals surface area (Å²) in [6.45, 7) is 8.05. The van der Waals surface area contributed by atoms with Gasteiger partial charge in [-0.2, -0.15) is 0 Å². The lowest BCUT2D eigenvalue weighted by molar-refractivity contribution is 0.959. The van der Waals surface area contributed by atoms with Crippen LogP contribution in [0.4, 0.5) is 0 Å². The maximum absolute atomic E-state index is 5.86. The summed E-state index contributed by atoms with van der Waals surface area (Å²) in [5.41, 5.74) is 3.94. The summed E-state index contributed by atoms with van der Waals surface area (Å²) >= 11 is 5.86. The van der Waals surface area contributed by atoms with Gasteiger partial charge in [-0.05, 0) is 30.5 Å². The number of hydrogen-bond donors (Lipinski definition) is 0. The van der Waals surface area contributed by atoms with E-state index in [4.69, 9.17) is 11.6 Å². The van der Waals surface area contributed by atoms with Crippen molar-refractivity contribution in [3.63, 3.8) is 0 Å². The molecule has 0 aliphatic heterocycles. The summed E-state index contributed by atoms with van der Waals surface area (Å²) in [6.07, 6.45) is 1.91. The van der Waals surface area contributed by atoms with Crippen molar-refractivity contribution >= 4 is 11.6 Å². The number of alkyl halides is 1. The average molecular weight is 195 g/mol. The van der Waals surface area contributed by atoms with E-state index in [-0.39, 0.29) is 5.92 Å². The zero-order valence-electron chi connectivity index (χ0n) is 8.18. The molecule has 0 fully saturated rings. The summed E-state index contributed by atoms with van der Waals surface area (Å²) in [5, 5.41) is 0. The fourth-order valence-electron chi connectivity index (χ4n) is 1.45. The third kappa shape index (κ3) is 2.13. The van der Waals surface area contributed by atoms with Crippen LogP contribution >= 0.6 is 11.6 Å². The van der Waals surface area contributed by atoms with E-state index < -0.39 is 0 Å². The molecule has 0 amide bonds. The molecule has 1 heteroatoms. The van der Waals surface area contributed by atoms with Crippen molar-refractivity contribution in [2.45, 2.75) is 19.8 Å². The number of hydrogen-bond acceptors (Lipinski definition) is 0. The van der Waals surface area contributed by atoms with Crippen molar-refractivity contribution in [1.29, 1.82) is 0 Å². The molecule has 0 heterocycles. The van der Waals surface area contributed by atoms with E-state index in [1.54, 1.807) is 0 Å². The Labute approximate surface area is 85.2 Å². The Morgan fingerprint density at radius 2 is 2.15 bits per heavy atom. The van der Waals surface area contributed by atoms with E-state index in [0.717, 1.165) is 0 Å². The van der Waals surface area contributed by atoms with Gasteiger partial charge in [0.25, 0.3) is 0 Å². The van der Waals surface area contributed by atoms with Crippen molar-refractivity contribution in [1.82, 2.24) is 0 Å². The minimum Gasteiger partial charge on any atom is -0.126 e. The molecule has 0 spiro atoms. The summed E-state index contributed by atoms with van der Waals surface area (Å²) in [6, 6.07) is 6.31. The van der Waals surface area contributed by atoms with Crippen LogP contribution in [0.25, 0.3) is 0 Å². The maximum atomic E-state index is 5.86. The van der Waals surface area contributed by atoms with Crippen molar-refractivity contribution in [3.05, 3.63) is 47.5 Å². The molecule has 0 aliphatic carbocycles. The molecule has 0 aromatic heterocycles. The van der Waals surface area contributed by atoms with E-state index in [1.165, 1.54) is 16.7 Å². The molecular formula is C12H15Cl. The van der Waals surface area contributed by atoms with Crippen molar-refractivity contribution in [3.8, 4) is 0 Å². The molecule has 1 unspecified atom stereocenters. The minimum atomic E-state index is 0.279. The fraction of sp³-hybridized carbons (Fsp3) is 0.333. The number of halogens is 1. The molecule has 0 radical (unpaired) electrons. The second kappa shape index (κ2) is 4.48. The number of allylic oxidation sites excluding steroid dienone is 1. The van der Waals surface area contributed by atoms with Gasteiger partial charge in [0.05, 0.1) is 0 Å². The molecular weight excluding hydrogens is 180 g/mol. The Kier molecular flexibility index (Phi) is 3.56. The van der Waals surface area contributed by atoms with Gasteiger partial charge < -0.3 is 0 Å². The van der Waals surface area contributed by atoms with Gasteiger partial charge in [0, 0.05) is 11.8 Å². The predicted octanol–water partition coefficient (Wildman–Crippen LogP) is 3.81. The van der Waals surface area contributed by atoms with Crippen LogP contribution in [0, 0.1) is 13.8 Å². The van der Waals surface area contributed by atoms with E-state index >= 15 is 0 Å². The summed E-state index contributed by atoms with van der Waals surface area (Å²) < 4.78 is 0. The smallest absolute Gasteiger partial charge is 0.0327 e. The van der Waals surface area contributed by atoms with Gasteiger partial charge in [-0.1, -0.05) is 24.3 Å². The molecule has 1 atom stereocenters. The largest absolute Gasteiger partial charge is 0.126 e. The van der Waals surface area contributed by atoms with E-state index in [0.29, 0.717) is 5.88 Å². The second-order valence-corrected chi connectivity index (χ2v) is 3.59. The standard InChI is InChI=1S/C12H15Cl/c1-4-11(8-13)12-7-5-6-9(2)10(12)3/h4-7,11H,1,8H2,2-3H3. The zero-order valence-corrected chi connectivity index (χ0v) is 8.93. The summed E-state index contributed by atoms with van der Waals surface area (Å²) in [4.78, 5) is 0. The molecule has 1 rings (SSSR count). The number of benzene rings is 1. The van der Waals surface area contributed by atoms with Gasteiger partial charge in [-0.15, -0.1) is 18.2 Å². The van der Waals surface area contributed by atoms with E-state index in [1.807, 2.05) is 6.08 Å². The van der Waals surface area contributed by atoms with Gasteiger partial charge in [0.1, 0.15) is 0 Å². The summed E-state index contributed by atoms with van der Waals surface area (Å²) in [5.74, 6) is 0.884. The van der Waals surface area contributed by atoms with Gasteiger partial charge in [0.2, 0.25) is 0 Å². The average Bonchev–Trinajstić information content (AvgIpc) is 2.14. The molecule has 0 saturated carbocycles. The Bertz CT molecular complexity index is 302. The SMILES string of the molecule is C=CC(CCl)c1cccc(C)c1C. The molecule has 0 nitrogen and oxygen atoms in total. The molecule has 0 saturated heterocycles. The van der Waals surface area contributed by atoms with Crippen molar-refractivity contribution in [2.24, 2.45) is 0 Å². The van der Waals surface area contributed by atoms with Crippen LogP contribution < -0.4 is 0 Å². The predicted molar refractivity (Wildman–Crippen MR) is 59.6 cm³/mol. The highest BCUT2D eigenvalue weighted by Crippen LogP contribution is 2.23. The van der Waals surface area contributed by atoms with Crippen LogP contribution in [0.5, 0.6) is 0 Å². The Balaban J connectivity index is 3.13. The Morgan fingerprint density at radius 3 is 2.69 bits per heavy atom. The van der Waals surface area contributed by atoms with Gasteiger partial charge in [-0.25, -0.2) is 0 Å². The molecule has 13 heavy (non-hydrogen) atoms. The highest BCUT2D eigenvalue weighted by molar-refractivity contribution is 6.18. The van der Waals surface area contributed by atoms with Crippen molar-refractivity contribution in [2.75, 3.05) is 5.88 Å². The lowest BCUT2D eigenvalue weighted by atomic mass is 9.94. The van der Waals surface area contributed by atoms with Gasteiger partial charge >= 0.3 is 0 Å². The van der Waals surface area contributed by atoms with Crippen LogP contribution in [-0.4, -0.2) is 5.88 Å². The van der Waals surface area contributed by atoms with E-state index in [2.05, 4.69) is 38.6 Å². The van der Waals surface area contributed by atoms with Crippen LogP contribution in [0.3, 0.4) is 0 Å². The first kappa shape index (κ1) is 10.3. The second-order valence-electron chi connectivity index (χ2n) is 3.29. The molecule has 1 aromatic rings. The van der Waals surface area contributed by atoms with E-state index in [9.17, 15) is 0 Å². The number of aryl methyl sites for hydroxylation is 1. The minimum absolute atomic E-state index is 0.279. The van der Waals surface area contributed by atoms with Crippen LogP contribution in [0.15, 0.2) is 30.9 Å². The zero-order chi connectivity index (χ0) is 9.84. The summed E-state index contributed by atoms with van der Waals surface area (Å²) in [7, 11) is 0. The Morgan fingerprint density at radius 1 is 1.46 bits per heavy atom. The Hall–Kier alpha value is -0.750. The van der Waals surface area contributed by atoms with Crippen molar-refractivity contribution < 1.29 is 0 Å².